The molecule has 0 aliphatic rings. The lowest BCUT2D eigenvalue weighted by Gasteiger charge is -2.09. The molecule has 0 atom stereocenters. The second-order valence-electron chi connectivity index (χ2n) is 5.98. The van der Waals surface area contributed by atoms with E-state index in [1.54, 1.807) is 42.5 Å². The van der Waals surface area contributed by atoms with Gasteiger partial charge in [-0.2, -0.15) is 0 Å². The minimum absolute atomic E-state index is 0.242. The van der Waals surface area contributed by atoms with Crippen molar-refractivity contribution in [2.75, 3.05) is 5.32 Å². The van der Waals surface area contributed by atoms with Crippen LogP contribution >= 0.6 is 34.5 Å². The summed E-state index contributed by atoms with van der Waals surface area (Å²) >= 11 is 13.6. The molecule has 8 heteroatoms. The first-order valence-electron chi connectivity index (χ1n) is 8.58. The molecule has 0 spiro atoms. The lowest BCUT2D eigenvalue weighted by atomic mass is 10.2. The molecule has 0 aliphatic heterocycles. The molecule has 0 saturated heterocycles. The Balaban J connectivity index is 1.44. The molecule has 1 amide bonds. The Morgan fingerprint density at radius 2 is 1.76 bits per heavy atom. The van der Waals surface area contributed by atoms with Gasteiger partial charge in [0.05, 0.1) is 10.2 Å². The van der Waals surface area contributed by atoms with E-state index in [4.69, 9.17) is 32.7 Å². The lowest BCUT2D eigenvalue weighted by molar-refractivity contribution is 0.215. The van der Waals surface area contributed by atoms with E-state index in [1.165, 1.54) is 11.3 Å². The molecule has 4 rings (SSSR count). The van der Waals surface area contributed by atoms with Gasteiger partial charge in [0.15, 0.2) is 0 Å². The summed E-state index contributed by atoms with van der Waals surface area (Å²) in [6.07, 6.45) is -0.597. The molecule has 1 heterocycles. The average Bonchev–Trinajstić information content (AvgIpc) is 3.09. The molecular formula is C21H14Cl2N2O3S. The molecule has 4 aromatic rings. The summed E-state index contributed by atoms with van der Waals surface area (Å²) in [6.45, 7) is 0.242. The SMILES string of the molecule is O=C(Nc1ccccc1)Oc1nc2ccc(OCc3c(Cl)cccc3Cl)cc2s1. The van der Waals surface area contributed by atoms with Crippen LogP contribution in [-0.2, 0) is 6.61 Å². The zero-order chi connectivity index (χ0) is 20.2. The summed E-state index contributed by atoms with van der Waals surface area (Å²) in [5.41, 5.74) is 2.08. The third-order valence-corrected chi connectivity index (χ3v) is 5.59. The van der Waals surface area contributed by atoms with Gasteiger partial charge in [-0.15, -0.1) is 0 Å². The number of hydrogen-bond donors (Lipinski definition) is 1. The monoisotopic (exact) mass is 444 g/mol. The number of para-hydroxylation sites is 1. The number of rotatable bonds is 5. The maximum absolute atomic E-state index is 12.0. The number of nitrogens with one attached hydrogen (secondary N) is 1. The van der Waals surface area contributed by atoms with Gasteiger partial charge >= 0.3 is 6.09 Å². The second kappa shape index (κ2) is 8.69. The molecule has 0 fully saturated rings. The van der Waals surface area contributed by atoms with Crippen molar-refractivity contribution < 1.29 is 14.3 Å². The van der Waals surface area contributed by atoms with Crippen molar-refractivity contribution in [2.24, 2.45) is 0 Å². The minimum atomic E-state index is -0.597. The number of nitrogens with zero attached hydrogens (tertiary/aromatic N) is 1. The van der Waals surface area contributed by atoms with Gasteiger partial charge in [-0.3, -0.25) is 5.32 Å². The highest BCUT2D eigenvalue weighted by Gasteiger charge is 2.12. The molecule has 146 valence electrons. The van der Waals surface area contributed by atoms with Gasteiger partial charge in [0, 0.05) is 21.3 Å². The summed E-state index contributed by atoms with van der Waals surface area (Å²) < 4.78 is 11.9. The van der Waals surface area contributed by atoms with Crippen LogP contribution in [0.3, 0.4) is 0 Å². The zero-order valence-corrected chi connectivity index (χ0v) is 17.2. The Morgan fingerprint density at radius 3 is 2.52 bits per heavy atom. The summed E-state index contributed by atoms with van der Waals surface area (Å²) in [5.74, 6) is 0.637. The fraction of sp³-hybridized carbons (Fsp3) is 0.0476. The first-order valence-corrected chi connectivity index (χ1v) is 10.2. The van der Waals surface area contributed by atoms with Crippen molar-refractivity contribution in [3.8, 4) is 10.9 Å². The van der Waals surface area contributed by atoms with Crippen LogP contribution in [-0.4, -0.2) is 11.1 Å². The molecule has 0 aliphatic carbocycles. The highest BCUT2D eigenvalue weighted by molar-refractivity contribution is 7.20. The molecule has 1 aromatic heterocycles. The van der Waals surface area contributed by atoms with Crippen LogP contribution in [0.25, 0.3) is 10.2 Å². The normalized spacial score (nSPS) is 10.7. The number of ether oxygens (including phenoxy) is 2. The van der Waals surface area contributed by atoms with Crippen LogP contribution in [0.5, 0.6) is 10.9 Å². The number of halogens is 2. The van der Waals surface area contributed by atoms with Crippen molar-refractivity contribution in [1.29, 1.82) is 0 Å². The van der Waals surface area contributed by atoms with Crippen LogP contribution in [0.1, 0.15) is 5.56 Å². The largest absolute Gasteiger partial charge is 0.489 e. The van der Waals surface area contributed by atoms with Crippen LogP contribution in [0.4, 0.5) is 10.5 Å². The number of carbonyl (C=O) groups is 1. The number of hydrogen-bond acceptors (Lipinski definition) is 5. The first kappa shape index (κ1) is 19.5. The van der Waals surface area contributed by atoms with Gasteiger partial charge in [0.1, 0.15) is 12.4 Å². The fourth-order valence-electron chi connectivity index (χ4n) is 2.59. The topological polar surface area (TPSA) is 60.5 Å². The van der Waals surface area contributed by atoms with Gasteiger partial charge < -0.3 is 9.47 Å². The van der Waals surface area contributed by atoms with Crippen molar-refractivity contribution in [2.45, 2.75) is 6.61 Å². The van der Waals surface area contributed by atoms with Crippen molar-refractivity contribution in [3.63, 3.8) is 0 Å². The van der Waals surface area contributed by atoms with E-state index in [-0.39, 0.29) is 11.8 Å². The molecule has 0 radical (unpaired) electrons. The average molecular weight is 445 g/mol. The predicted molar refractivity (Wildman–Crippen MR) is 117 cm³/mol. The van der Waals surface area contributed by atoms with E-state index >= 15 is 0 Å². The minimum Gasteiger partial charge on any atom is -0.489 e. The highest BCUT2D eigenvalue weighted by Crippen LogP contribution is 2.32. The van der Waals surface area contributed by atoms with Crippen LogP contribution in [0.2, 0.25) is 10.0 Å². The summed E-state index contributed by atoms with van der Waals surface area (Å²) in [6, 6.07) is 19.8. The molecule has 5 nitrogen and oxygen atoms in total. The number of fused-ring (bicyclic) bond motifs is 1. The smallest absolute Gasteiger partial charge is 0.419 e. The maximum atomic E-state index is 12.0. The maximum Gasteiger partial charge on any atom is 0.419 e. The number of benzene rings is 3. The summed E-state index contributed by atoms with van der Waals surface area (Å²) in [4.78, 5) is 16.4. The molecule has 0 saturated carbocycles. The number of aromatic nitrogens is 1. The van der Waals surface area contributed by atoms with E-state index in [1.807, 2.05) is 24.3 Å². The van der Waals surface area contributed by atoms with Gasteiger partial charge in [-0.1, -0.05) is 58.8 Å². The summed E-state index contributed by atoms with van der Waals surface area (Å²) in [5, 5.41) is 4.01. The van der Waals surface area contributed by atoms with Gasteiger partial charge in [0.25, 0.3) is 5.19 Å². The Kier molecular flexibility index (Phi) is 5.85. The first-order chi connectivity index (χ1) is 14.1. The predicted octanol–water partition coefficient (Wildman–Crippen LogP) is 6.79. The second-order valence-corrected chi connectivity index (χ2v) is 7.79. The Labute approximate surface area is 180 Å². The number of carbonyl (C=O) groups excluding carboxylic acids is 1. The number of amides is 1. The molecule has 3 aromatic carbocycles. The van der Waals surface area contributed by atoms with E-state index in [0.29, 0.717) is 27.0 Å². The third-order valence-electron chi connectivity index (χ3n) is 3.99. The lowest BCUT2D eigenvalue weighted by Crippen LogP contribution is -2.16. The van der Waals surface area contributed by atoms with Gasteiger partial charge in [0.2, 0.25) is 0 Å². The van der Waals surface area contributed by atoms with Gasteiger partial charge in [-0.05, 0) is 42.5 Å². The Morgan fingerprint density at radius 1 is 1.00 bits per heavy atom. The molecule has 0 bridgehead atoms. The molecular weight excluding hydrogens is 431 g/mol. The zero-order valence-electron chi connectivity index (χ0n) is 14.9. The van der Waals surface area contributed by atoms with E-state index in [0.717, 1.165) is 10.3 Å². The van der Waals surface area contributed by atoms with Crippen LogP contribution in [0, 0.1) is 0 Å². The standard InChI is InChI=1S/C21H14Cl2N2O3S/c22-16-7-4-8-17(23)15(16)12-27-14-9-10-18-19(11-14)29-21(25-18)28-20(26)24-13-5-2-1-3-6-13/h1-11H,12H2,(H,24,26). The van der Waals surface area contributed by atoms with Crippen molar-refractivity contribution >= 4 is 56.5 Å². The van der Waals surface area contributed by atoms with Crippen molar-refractivity contribution in [1.82, 2.24) is 4.98 Å². The van der Waals surface area contributed by atoms with E-state index in [2.05, 4.69) is 10.3 Å². The van der Waals surface area contributed by atoms with Crippen LogP contribution in [0.15, 0.2) is 66.7 Å². The highest BCUT2D eigenvalue weighted by atomic mass is 35.5. The molecule has 1 N–H and O–H groups in total. The summed E-state index contributed by atoms with van der Waals surface area (Å²) in [7, 11) is 0. The van der Waals surface area contributed by atoms with E-state index in [9.17, 15) is 4.79 Å². The molecule has 29 heavy (non-hydrogen) atoms. The fourth-order valence-corrected chi connectivity index (χ4v) is 3.94. The van der Waals surface area contributed by atoms with Crippen molar-refractivity contribution in [3.05, 3.63) is 82.3 Å². The quantitative estimate of drug-likeness (QED) is 0.367. The number of anilines is 1. The Bertz CT molecular complexity index is 1150. The Hall–Kier alpha value is -2.80. The van der Waals surface area contributed by atoms with Gasteiger partial charge in [-0.25, -0.2) is 9.78 Å². The van der Waals surface area contributed by atoms with E-state index < -0.39 is 6.09 Å². The third kappa shape index (κ3) is 4.79. The van der Waals surface area contributed by atoms with Crippen LogP contribution < -0.4 is 14.8 Å². The number of thiazole rings is 1. The molecule has 0 unspecified atom stereocenters.